The third-order valence-electron chi connectivity index (χ3n) is 3.38. The van der Waals surface area contributed by atoms with E-state index < -0.39 is 6.10 Å². The van der Waals surface area contributed by atoms with Crippen LogP contribution in [-0.2, 0) is 9.53 Å². The van der Waals surface area contributed by atoms with Gasteiger partial charge < -0.3 is 9.47 Å². The lowest BCUT2D eigenvalue weighted by Crippen LogP contribution is -2.28. The molecule has 0 bridgehead atoms. The zero-order valence-corrected chi connectivity index (χ0v) is 13.0. The van der Waals surface area contributed by atoms with E-state index in [0.29, 0.717) is 12.2 Å². The van der Waals surface area contributed by atoms with Crippen LogP contribution in [0.1, 0.15) is 26.2 Å². The van der Waals surface area contributed by atoms with Gasteiger partial charge >= 0.3 is 5.97 Å². The molecular formula is C18H21NO3. The van der Waals surface area contributed by atoms with Gasteiger partial charge in [-0.2, -0.15) is 0 Å². The van der Waals surface area contributed by atoms with Crippen LogP contribution < -0.4 is 4.74 Å². The molecule has 2 rings (SSSR count). The summed E-state index contributed by atoms with van der Waals surface area (Å²) in [6.07, 6.45) is 3.80. The number of pyridine rings is 1. The molecule has 0 aliphatic heterocycles. The Morgan fingerprint density at radius 2 is 1.95 bits per heavy atom. The SMILES string of the molecule is CCCCC(Oc1ccc(-c2ccccn2)cc1)C(=O)OC. The Morgan fingerprint density at radius 1 is 1.18 bits per heavy atom. The molecule has 4 heteroatoms. The second-order valence-corrected chi connectivity index (χ2v) is 5.01. The quantitative estimate of drug-likeness (QED) is 0.728. The Balaban J connectivity index is 2.07. The molecule has 22 heavy (non-hydrogen) atoms. The van der Waals surface area contributed by atoms with Gasteiger partial charge in [-0.15, -0.1) is 0 Å². The summed E-state index contributed by atoms with van der Waals surface area (Å²) in [5.74, 6) is 0.327. The molecule has 4 nitrogen and oxygen atoms in total. The van der Waals surface area contributed by atoms with Gasteiger partial charge in [-0.1, -0.05) is 19.4 Å². The monoisotopic (exact) mass is 299 g/mol. The van der Waals surface area contributed by atoms with Gasteiger partial charge in [0.05, 0.1) is 12.8 Å². The molecule has 0 amide bonds. The van der Waals surface area contributed by atoms with Crippen molar-refractivity contribution in [1.82, 2.24) is 4.98 Å². The van der Waals surface area contributed by atoms with Crippen LogP contribution in [-0.4, -0.2) is 24.2 Å². The number of nitrogens with zero attached hydrogens (tertiary/aromatic N) is 1. The number of unbranched alkanes of at least 4 members (excludes halogenated alkanes) is 1. The highest BCUT2D eigenvalue weighted by Crippen LogP contribution is 2.22. The minimum absolute atomic E-state index is 0.331. The number of hydrogen-bond donors (Lipinski definition) is 0. The van der Waals surface area contributed by atoms with Crippen molar-refractivity contribution in [3.63, 3.8) is 0 Å². The first-order valence-electron chi connectivity index (χ1n) is 7.50. The summed E-state index contributed by atoms with van der Waals surface area (Å²) in [7, 11) is 1.38. The van der Waals surface area contributed by atoms with E-state index in [0.717, 1.165) is 24.1 Å². The molecule has 0 radical (unpaired) electrons. The maximum Gasteiger partial charge on any atom is 0.347 e. The van der Waals surface area contributed by atoms with E-state index in [2.05, 4.69) is 11.9 Å². The second kappa shape index (κ2) is 8.17. The predicted molar refractivity (Wildman–Crippen MR) is 85.6 cm³/mol. The molecule has 0 aliphatic carbocycles. The van der Waals surface area contributed by atoms with Gasteiger partial charge in [0.2, 0.25) is 0 Å². The molecule has 0 saturated carbocycles. The van der Waals surface area contributed by atoms with Gasteiger partial charge in [-0.3, -0.25) is 4.98 Å². The van der Waals surface area contributed by atoms with Crippen LogP contribution >= 0.6 is 0 Å². The number of ether oxygens (including phenoxy) is 2. The summed E-state index contributed by atoms with van der Waals surface area (Å²) >= 11 is 0. The zero-order chi connectivity index (χ0) is 15.8. The van der Waals surface area contributed by atoms with Crippen LogP contribution in [0, 0.1) is 0 Å². The van der Waals surface area contributed by atoms with Crippen molar-refractivity contribution in [3.8, 4) is 17.0 Å². The first kappa shape index (κ1) is 16.0. The molecule has 0 aliphatic rings. The highest BCUT2D eigenvalue weighted by molar-refractivity contribution is 5.75. The number of methoxy groups -OCH3 is 1. The van der Waals surface area contributed by atoms with Gasteiger partial charge in [0, 0.05) is 11.8 Å². The summed E-state index contributed by atoms with van der Waals surface area (Å²) in [6.45, 7) is 2.08. The molecule has 1 aromatic carbocycles. The Hall–Kier alpha value is -2.36. The average molecular weight is 299 g/mol. The molecule has 2 aromatic rings. The van der Waals surface area contributed by atoms with Gasteiger partial charge in [-0.25, -0.2) is 4.79 Å². The van der Waals surface area contributed by atoms with E-state index in [1.54, 1.807) is 6.20 Å². The van der Waals surface area contributed by atoms with Gasteiger partial charge in [-0.05, 0) is 49.2 Å². The summed E-state index contributed by atoms with van der Waals surface area (Å²) in [6, 6.07) is 13.4. The number of carbonyl (C=O) groups excluding carboxylic acids is 1. The van der Waals surface area contributed by atoms with Crippen molar-refractivity contribution in [2.45, 2.75) is 32.3 Å². The van der Waals surface area contributed by atoms with Crippen molar-refractivity contribution in [3.05, 3.63) is 48.7 Å². The lowest BCUT2D eigenvalue weighted by Gasteiger charge is -2.16. The van der Waals surface area contributed by atoms with E-state index >= 15 is 0 Å². The Labute approximate surface area is 131 Å². The van der Waals surface area contributed by atoms with Crippen molar-refractivity contribution < 1.29 is 14.3 Å². The maximum absolute atomic E-state index is 11.8. The van der Waals surface area contributed by atoms with Crippen LogP contribution in [0.4, 0.5) is 0 Å². The fourth-order valence-electron chi connectivity index (χ4n) is 2.15. The molecule has 0 fully saturated rings. The second-order valence-electron chi connectivity index (χ2n) is 5.01. The number of aromatic nitrogens is 1. The summed E-state index contributed by atoms with van der Waals surface area (Å²) < 4.78 is 10.6. The Morgan fingerprint density at radius 3 is 2.55 bits per heavy atom. The highest BCUT2D eigenvalue weighted by atomic mass is 16.6. The number of hydrogen-bond acceptors (Lipinski definition) is 4. The molecule has 1 aromatic heterocycles. The van der Waals surface area contributed by atoms with Crippen LogP contribution in [0.5, 0.6) is 5.75 Å². The molecular weight excluding hydrogens is 278 g/mol. The first-order chi connectivity index (χ1) is 10.7. The lowest BCUT2D eigenvalue weighted by molar-refractivity contribution is -0.149. The Kier molecular flexibility index (Phi) is 5.95. The standard InChI is InChI=1S/C18H21NO3/c1-3-4-8-17(18(20)21-2)22-15-11-9-14(10-12-15)16-7-5-6-13-19-16/h5-7,9-13,17H,3-4,8H2,1-2H3. The minimum Gasteiger partial charge on any atom is -0.479 e. The third kappa shape index (κ3) is 4.32. The molecule has 1 atom stereocenters. The van der Waals surface area contributed by atoms with Crippen molar-refractivity contribution in [2.24, 2.45) is 0 Å². The van der Waals surface area contributed by atoms with Crippen LogP contribution in [0.3, 0.4) is 0 Å². The number of rotatable bonds is 7. The zero-order valence-electron chi connectivity index (χ0n) is 13.0. The number of benzene rings is 1. The molecule has 1 unspecified atom stereocenters. The minimum atomic E-state index is -0.550. The first-order valence-corrected chi connectivity index (χ1v) is 7.50. The summed E-state index contributed by atoms with van der Waals surface area (Å²) in [5.41, 5.74) is 1.92. The molecule has 0 spiro atoms. The van der Waals surface area contributed by atoms with Crippen LogP contribution in [0.25, 0.3) is 11.3 Å². The van der Waals surface area contributed by atoms with E-state index in [9.17, 15) is 4.79 Å². The van der Waals surface area contributed by atoms with Crippen molar-refractivity contribution in [1.29, 1.82) is 0 Å². The molecule has 1 heterocycles. The fourth-order valence-corrected chi connectivity index (χ4v) is 2.15. The summed E-state index contributed by atoms with van der Waals surface area (Å²) in [4.78, 5) is 16.1. The topological polar surface area (TPSA) is 48.4 Å². The smallest absolute Gasteiger partial charge is 0.347 e. The fraction of sp³-hybridized carbons (Fsp3) is 0.333. The maximum atomic E-state index is 11.8. The van der Waals surface area contributed by atoms with Crippen molar-refractivity contribution in [2.75, 3.05) is 7.11 Å². The van der Waals surface area contributed by atoms with Crippen LogP contribution in [0.15, 0.2) is 48.7 Å². The predicted octanol–water partition coefficient (Wildman–Crippen LogP) is 3.86. The third-order valence-corrected chi connectivity index (χ3v) is 3.38. The van der Waals surface area contributed by atoms with Crippen LogP contribution in [0.2, 0.25) is 0 Å². The highest BCUT2D eigenvalue weighted by Gasteiger charge is 2.20. The van der Waals surface area contributed by atoms with Gasteiger partial charge in [0.15, 0.2) is 6.10 Å². The van der Waals surface area contributed by atoms with E-state index in [4.69, 9.17) is 9.47 Å². The van der Waals surface area contributed by atoms with E-state index in [1.165, 1.54) is 7.11 Å². The normalized spacial score (nSPS) is 11.7. The van der Waals surface area contributed by atoms with Gasteiger partial charge in [0.25, 0.3) is 0 Å². The van der Waals surface area contributed by atoms with E-state index in [1.807, 2.05) is 42.5 Å². The lowest BCUT2D eigenvalue weighted by atomic mass is 10.1. The number of esters is 1. The number of carbonyl (C=O) groups is 1. The summed E-state index contributed by atoms with van der Waals surface area (Å²) in [5, 5.41) is 0. The molecule has 0 N–H and O–H groups in total. The average Bonchev–Trinajstić information content (AvgIpc) is 2.59. The molecule has 116 valence electrons. The van der Waals surface area contributed by atoms with Gasteiger partial charge in [0.1, 0.15) is 5.75 Å². The Bertz CT molecular complexity index is 581. The largest absolute Gasteiger partial charge is 0.479 e. The van der Waals surface area contributed by atoms with E-state index in [-0.39, 0.29) is 5.97 Å². The molecule has 0 saturated heterocycles. The van der Waals surface area contributed by atoms with Crippen molar-refractivity contribution >= 4 is 5.97 Å².